The number of hydrogen-bond acceptors (Lipinski definition) is 5. The molecule has 1 N–H and O–H groups in total. The fourth-order valence-electron chi connectivity index (χ4n) is 1.94. The van der Waals surface area contributed by atoms with E-state index < -0.39 is 15.4 Å². The summed E-state index contributed by atoms with van der Waals surface area (Å²) >= 11 is 0. The Morgan fingerprint density at radius 1 is 1.59 bits per heavy atom. The van der Waals surface area contributed by atoms with E-state index in [-0.39, 0.29) is 11.8 Å². The van der Waals surface area contributed by atoms with E-state index in [9.17, 15) is 8.42 Å². The number of nitrogens with zero attached hydrogens (tertiary/aromatic N) is 2. The summed E-state index contributed by atoms with van der Waals surface area (Å²) in [6.45, 7) is 2.58. The van der Waals surface area contributed by atoms with Gasteiger partial charge in [0.1, 0.15) is 5.54 Å². The highest BCUT2D eigenvalue weighted by Gasteiger charge is 2.31. The third kappa shape index (κ3) is 3.95. The van der Waals surface area contributed by atoms with Crippen LogP contribution in [0.2, 0.25) is 0 Å². The molecule has 2 unspecified atom stereocenters. The molecule has 17 heavy (non-hydrogen) atoms. The maximum absolute atomic E-state index is 11.4. The van der Waals surface area contributed by atoms with Crippen molar-refractivity contribution < 1.29 is 8.42 Å². The molecule has 6 heteroatoms. The fraction of sp³-hybridized carbons (Fsp3) is 0.909. The van der Waals surface area contributed by atoms with Gasteiger partial charge in [0.15, 0.2) is 9.84 Å². The van der Waals surface area contributed by atoms with E-state index in [4.69, 9.17) is 5.26 Å². The molecule has 0 aromatic rings. The van der Waals surface area contributed by atoms with E-state index in [1.165, 1.54) is 0 Å². The van der Waals surface area contributed by atoms with E-state index in [0.717, 1.165) is 6.54 Å². The third-order valence-corrected chi connectivity index (χ3v) is 5.35. The van der Waals surface area contributed by atoms with Crippen molar-refractivity contribution >= 4 is 9.84 Å². The molecule has 1 aliphatic rings. The number of sulfone groups is 1. The summed E-state index contributed by atoms with van der Waals surface area (Å²) in [4.78, 5) is 2.05. The van der Waals surface area contributed by atoms with Crippen molar-refractivity contribution in [3.05, 3.63) is 0 Å². The standard InChI is InChI=1S/C11H21N3O2S/c1-11(9-12,13-2)5-6-14(3)10-4-7-17(15,16)8-10/h10,13H,4-8H2,1-3H3. The molecular weight excluding hydrogens is 238 g/mol. The van der Waals surface area contributed by atoms with E-state index in [1.54, 1.807) is 7.05 Å². The maximum Gasteiger partial charge on any atom is 0.151 e. The van der Waals surface area contributed by atoms with Crippen molar-refractivity contribution in [2.75, 3.05) is 32.1 Å². The molecule has 98 valence electrons. The van der Waals surface area contributed by atoms with Gasteiger partial charge in [-0.3, -0.25) is 0 Å². The Hall–Kier alpha value is -0.640. The Balaban J connectivity index is 2.46. The molecule has 0 bridgehead atoms. The quantitative estimate of drug-likeness (QED) is 0.752. The van der Waals surface area contributed by atoms with Crippen LogP contribution in [0.25, 0.3) is 0 Å². The zero-order chi connectivity index (χ0) is 13.1. The zero-order valence-electron chi connectivity index (χ0n) is 10.7. The lowest BCUT2D eigenvalue weighted by Crippen LogP contribution is -2.43. The summed E-state index contributed by atoms with van der Waals surface area (Å²) in [5.74, 6) is 0.551. The number of rotatable bonds is 5. The van der Waals surface area contributed by atoms with Gasteiger partial charge in [0.25, 0.3) is 0 Å². The van der Waals surface area contributed by atoms with Crippen LogP contribution in [0.15, 0.2) is 0 Å². The Kier molecular flexibility index (Phi) is 4.53. The molecule has 0 aromatic heterocycles. The molecule has 0 saturated carbocycles. The highest BCUT2D eigenvalue weighted by molar-refractivity contribution is 7.91. The first-order valence-corrected chi connectivity index (χ1v) is 7.65. The van der Waals surface area contributed by atoms with Gasteiger partial charge in [-0.1, -0.05) is 0 Å². The third-order valence-electron chi connectivity index (χ3n) is 3.59. The van der Waals surface area contributed by atoms with Crippen molar-refractivity contribution in [3.63, 3.8) is 0 Å². The second-order valence-corrected chi connectivity index (χ2v) is 7.21. The smallest absolute Gasteiger partial charge is 0.151 e. The summed E-state index contributed by atoms with van der Waals surface area (Å²) < 4.78 is 22.7. The molecule has 1 saturated heterocycles. The second-order valence-electron chi connectivity index (χ2n) is 4.98. The number of nitriles is 1. The molecule has 0 amide bonds. The van der Waals surface area contributed by atoms with Gasteiger partial charge in [0.2, 0.25) is 0 Å². The number of hydrogen-bond donors (Lipinski definition) is 1. The monoisotopic (exact) mass is 259 g/mol. The molecule has 0 aromatic carbocycles. The molecule has 1 aliphatic heterocycles. The lowest BCUT2D eigenvalue weighted by atomic mass is 10.00. The Morgan fingerprint density at radius 3 is 2.65 bits per heavy atom. The molecule has 1 rings (SSSR count). The van der Waals surface area contributed by atoms with Crippen molar-refractivity contribution in [1.82, 2.24) is 10.2 Å². The first-order valence-electron chi connectivity index (χ1n) is 5.83. The van der Waals surface area contributed by atoms with E-state index in [0.29, 0.717) is 18.6 Å². The highest BCUT2D eigenvalue weighted by Crippen LogP contribution is 2.18. The van der Waals surface area contributed by atoms with Crippen LogP contribution in [0.4, 0.5) is 0 Å². The summed E-state index contributed by atoms with van der Waals surface area (Å²) in [6.07, 6.45) is 1.40. The average Bonchev–Trinajstić information content (AvgIpc) is 2.66. The van der Waals surface area contributed by atoms with Gasteiger partial charge in [0.05, 0.1) is 17.6 Å². The normalized spacial score (nSPS) is 26.6. The Bertz CT molecular complexity index is 401. The van der Waals surface area contributed by atoms with Gasteiger partial charge >= 0.3 is 0 Å². The molecule has 1 heterocycles. The van der Waals surface area contributed by atoms with Gasteiger partial charge in [-0.2, -0.15) is 5.26 Å². The summed E-state index contributed by atoms with van der Waals surface area (Å²) in [7, 11) is 0.869. The Labute approximate surface area is 104 Å². The first kappa shape index (κ1) is 14.4. The Morgan fingerprint density at radius 2 is 2.24 bits per heavy atom. The molecule has 1 fully saturated rings. The minimum atomic E-state index is -2.83. The van der Waals surface area contributed by atoms with Gasteiger partial charge in [0, 0.05) is 12.6 Å². The highest BCUT2D eigenvalue weighted by atomic mass is 32.2. The second kappa shape index (κ2) is 5.34. The largest absolute Gasteiger partial charge is 0.303 e. The van der Waals surface area contributed by atoms with E-state index >= 15 is 0 Å². The van der Waals surface area contributed by atoms with Crippen LogP contribution in [0, 0.1) is 11.3 Å². The topological polar surface area (TPSA) is 73.2 Å². The van der Waals surface area contributed by atoms with Crippen LogP contribution in [0.1, 0.15) is 19.8 Å². The van der Waals surface area contributed by atoms with Gasteiger partial charge < -0.3 is 10.2 Å². The molecule has 0 spiro atoms. The number of nitrogens with one attached hydrogen (secondary N) is 1. The molecular formula is C11H21N3O2S. The minimum Gasteiger partial charge on any atom is -0.303 e. The predicted octanol–water partition coefficient (Wildman–Crippen LogP) is -0.00292. The summed E-state index contributed by atoms with van der Waals surface area (Å²) in [5, 5.41) is 12.0. The molecule has 5 nitrogen and oxygen atoms in total. The molecule has 2 atom stereocenters. The van der Waals surface area contributed by atoms with E-state index in [1.807, 2.05) is 14.0 Å². The fourth-order valence-corrected chi connectivity index (χ4v) is 3.75. The van der Waals surface area contributed by atoms with Crippen molar-refractivity contribution in [3.8, 4) is 6.07 Å². The summed E-state index contributed by atoms with van der Waals surface area (Å²) in [6, 6.07) is 2.35. The predicted molar refractivity (Wildman–Crippen MR) is 67.4 cm³/mol. The van der Waals surface area contributed by atoms with Crippen molar-refractivity contribution in [1.29, 1.82) is 5.26 Å². The van der Waals surface area contributed by atoms with Gasteiger partial charge in [-0.15, -0.1) is 0 Å². The first-order chi connectivity index (χ1) is 7.82. The lowest BCUT2D eigenvalue weighted by Gasteiger charge is -2.27. The molecule has 0 radical (unpaired) electrons. The SMILES string of the molecule is CNC(C)(C#N)CCN(C)C1CCS(=O)(=O)C1. The van der Waals surface area contributed by atoms with Crippen LogP contribution in [-0.2, 0) is 9.84 Å². The lowest BCUT2D eigenvalue weighted by molar-refractivity contribution is 0.238. The van der Waals surface area contributed by atoms with Gasteiger partial charge in [-0.25, -0.2) is 8.42 Å². The van der Waals surface area contributed by atoms with Crippen LogP contribution in [0.3, 0.4) is 0 Å². The van der Waals surface area contributed by atoms with Crippen molar-refractivity contribution in [2.24, 2.45) is 0 Å². The summed E-state index contributed by atoms with van der Waals surface area (Å²) in [5.41, 5.74) is -0.536. The molecule has 0 aliphatic carbocycles. The minimum absolute atomic E-state index is 0.111. The zero-order valence-corrected chi connectivity index (χ0v) is 11.5. The van der Waals surface area contributed by atoms with Crippen LogP contribution in [0.5, 0.6) is 0 Å². The van der Waals surface area contributed by atoms with Crippen LogP contribution >= 0.6 is 0 Å². The van der Waals surface area contributed by atoms with Crippen molar-refractivity contribution in [2.45, 2.75) is 31.3 Å². The maximum atomic E-state index is 11.4. The van der Waals surface area contributed by atoms with Gasteiger partial charge in [-0.05, 0) is 33.9 Å². The van der Waals surface area contributed by atoms with Crippen LogP contribution < -0.4 is 5.32 Å². The van der Waals surface area contributed by atoms with E-state index in [2.05, 4.69) is 16.3 Å². The van der Waals surface area contributed by atoms with Crippen LogP contribution in [-0.4, -0.2) is 57.0 Å². The average molecular weight is 259 g/mol.